The zero-order valence-corrected chi connectivity index (χ0v) is 21.2. The number of rotatable bonds is 4. The maximum atomic E-state index is 13.6. The number of carbonyl (C=O) groups excluding carboxylic acids is 2. The Labute approximate surface area is 215 Å². The zero-order valence-electron chi connectivity index (χ0n) is 21.2. The summed E-state index contributed by atoms with van der Waals surface area (Å²) in [5.41, 5.74) is 2.38. The number of benzene rings is 3. The van der Waals surface area contributed by atoms with E-state index >= 15 is 0 Å². The minimum absolute atomic E-state index is 0.00786. The van der Waals surface area contributed by atoms with Crippen LogP contribution >= 0.6 is 0 Å². The summed E-state index contributed by atoms with van der Waals surface area (Å²) in [6.07, 6.45) is 3.22. The van der Waals surface area contributed by atoms with Gasteiger partial charge < -0.3 is 9.84 Å². The normalized spacial score (nSPS) is 17.4. The van der Waals surface area contributed by atoms with E-state index < -0.39 is 17.7 Å². The first-order chi connectivity index (χ1) is 17.7. The molecule has 6 nitrogen and oxygen atoms in total. The second-order valence-corrected chi connectivity index (χ2v) is 10.1. The van der Waals surface area contributed by atoms with Gasteiger partial charge in [0.05, 0.1) is 30.0 Å². The SMILES string of the molecule is COc1ccc(C(C)(C)C)cc1/C(O)=C1\C(=O)C(=O)N(c2cccc3ccccc23)C1c1ccncc1. The average molecular weight is 493 g/mol. The zero-order chi connectivity index (χ0) is 26.3. The van der Waals surface area contributed by atoms with Crippen LogP contribution in [-0.4, -0.2) is 28.9 Å². The molecule has 1 aromatic heterocycles. The van der Waals surface area contributed by atoms with Crippen molar-refractivity contribution in [3.8, 4) is 5.75 Å². The Morgan fingerprint density at radius 2 is 1.65 bits per heavy atom. The van der Waals surface area contributed by atoms with Gasteiger partial charge in [-0.15, -0.1) is 0 Å². The summed E-state index contributed by atoms with van der Waals surface area (Å²) < 4.78 is 5.55. The van der Waals surface area contributed by atoms with Gasteiger partial charge in [-0.3, -0.25) is 19.5 Å². The van der Waals surface area contributed by atoms with E-state index in [4.69, 9.17) is 4.74 Å². The number of ketones is 1. The Morgan fingerprint density at radius 1 is 0.946 bits per heavy atom. The highest BCUT2D eigenvalue weighted by atomic mass is 16.5. The molecule has 0 saturated carbocycles. The number of nitrogens with zero attached hydrogens (tertiary/aromatic N) is 2. The maximum Gasteiger partial charge on any atom is 0.300 e. The van der Waals surface area contributed by atoms with Crippen LogP contribution in [0.25, 0.3) is 16.5 Å². The van der Waals surface area contributed by atoms with Crippen molar-refractivity contribution in [1.82, 2.24) is 4.98 Å². The number of aliphatic hydroxyl groups excluding tert-OH is 1. The molecule has 186 valence electrons. The summed E-state index contributed by atoms with van der Waals surface area (Å²) >= 11 is 0. The fraction of sp³-hybridized carbons (Fsp3) is 0.194. The number of aromatic nitrogens is 1. The molecule has 0 bridgehead atoms. The molecule has 1 atom stereocenters. The largest absolute Gasteiger partial charge is 0.507 e. The minimum Gasteiger partial charge on any atom is -0.507 e. The molecule has 1 saturated heterocycles. The summed E-state index contributed by atoms with van der Waals surface area (Å²) in [6.45, 7) is 6.19. The molecular formula is C31H28N2O4. The number of aliphatic hydroxyl groups is 1. The highest BCUT2D eigenvalue weighted by Gasteiger charge is 2.47. The highest BCUT2D eigenvalue weighted by molar-refractivity contribution is 6.52. The number of methoxy groups -OCH3 is 1. The molecule has 0 spiro atoms. The average Bonchev–Trinajstić information content (AvgIpc) is 3.17. The molecule has 0 radical (unpaired) electrons. The number of pyridine rings is 1. The Bertz CT molecular complexity index is 1550. The molecule has 4 aromatic rings. The molecular weight excluding hydrogens is 464 g/mol. The lowest BCUT2D eigenvalue weighted by molar-refractivity contribution is -0.132. The Morgan fingerprint density at radius 3 is 2.35 bits per heavy atom. The molecule has 1 unspecified atom stereocenters. The third-order valence-corrected chi connectivity index (χ3v) is 6.81. The van der Waals surface area contributed by atoms with Crippen molar-refractivity contribution in [2.45, 2.75) is 32.2 Å². The van der Waals surface area contributed by atoms with Crippen LogP contribution in [0.3, 0.4) is 0 Å². The summed E-state index contributed by atoms with van der Waals surface area (Å²) in [6, 6.07) is 21.5. The number of fused-ring (bicyclic) bond motifs is 1. The Kier molecular flexibility index (Phi) is 6.04. The van der Waals surface area contributed by atoms with E-state index in [0.29, 0.717) is 22.6 Å². The summed E-state index contributed by atoms with van der Waals surface area (Å²) in [5.74, 6) is -1.32. The van der Waals surface area contributed by atoms with E-state index in [2.05, 4.69) is 25.8 Å². The standard InChI is InChI=1S/C31H28N2O4/c1-31(2,3)21-12-13-25(37-4)23(18-21)28(34)26-27(20-14-16-32-17-15-20)33(30(36)29(26)35)24-11-7-9-19-8-5-6-10-22(19)24/h5-18,27,34H,1-4H3/b28-26+. The third-order valence-electron chi connectivity index (χ3n) is 6.81. The molecule has 1 aliphatic heterocycles. The van der Waals surface area contributed by atoms with Gasteiger partial charge in [0.15, 0.2) is 0 Å². The topological polar surface area (TPSA) is 79.7 Å². The highest BCUT2D eigenvalue weighted by Crippen LogP contribution is 2.45. The van der Waals surface area contributed by atoms with Crippen molar-refractivity contribution >= 4 is 33.9 Å². The quantitative estimate of drug-likeness (QED) is 0.209. The van der Waals surface area contributed by atoms with Crippen LogP contribution < -0.4 is 9.64 Å². The van der Waals surface area contributed by atoms with E-state index in [1.54, 1.807) is 30.6 Å². The summed E-state index contributed by atoms with van der Waals surface area (Å²) in [7, 11) is 1.51. The summed E-state index contributed by atoms with van der Waals surface area (Å²) in [5, 5.41) is 13.5. The molecule has 1 fully saturated rings. The monoisotopic (exact) mass is 492 g/mol. The van der Waals surface area contributed by atoms with Crippen molar-refractivity contribution in [3.05, 3.63) is 107 Å². The van der Waals surface area contributed by atoms with Crippen LogP contribution in [-0.2, 0) is 15.0 Å². The Balaban J connectivity index is 1.79. The molecule has 37 heavy (non-hydrogen) atoms. The van der Waals surface area contributed by atoms with Crippen molar-refractivity contribution in [2.24, 2.45) is 0 Å². The second-order valence-electron chi connectivity index (χ2n) is 10.1. The van der Waals surface area contributed by atoms with Crippen LogP contribution in [0.4, 0.5) is 5.69 Å². The summed E-state index contributed by atoms with van der Waals surface area (Å²) in [4.78, 5) is 32.9. The fourth-order valence-corrected chi connectivity index (χ4v) is 4.87. The molecule has 6 heteroatoms. The van der Waals surface area contributed by atoms with Crippen molar-refractivity contribution in [3.63, 3.8) is 0 Å². The van der Waals surface area contributed by atoms with Gasteiger partial charge in [-0.2, -0.15) is 0 Å². The van der Waals surface area contributed by atoms with Gasteiger partial charge >= 0.3 is 0 Å². The van der Waals surface area contributed by atoms with E-state index in [1.165, 1.54) is 12.0 Å². The van der Waals surface area contributed by atoms with E-state index in [1.807, 2.05) is 54.6 Å². The lowest BCUT2D eigenvalue weighted by atomic mass is 9.85. The minimum atomic E-state index is -0.850. The number of hydrogen-bond donors (Lipinski definition) is 1. The van der Waals surface area contributed by atoms with Crippen LogP contribution in [0, 0.1) is 0 Å². The van der Waals surface area contributed by atoms with Crippen molar-refractivity contribution in [1.29, 1.82) is 0 Å². The molecule has 1 amide bonds. The van der Waals surface area contributed by atoms with Crippen LogP contribution in [0.1, 0.15) is 43.5 Å². The number of ether oxygens (including phenoxy) is 1. The van der Waals surface area contributed by atoms with Gasteiger partial charge in [-0.25, -0.2) is 0 Å². The van der Waals surface area contributed by atoms with E-state index in [9.17, 15) is 14.7 Å². The fourth-order valence-electron chi connectivity index (χ4n) is 4.87. The van der Waals surface area contributed by atoms with E-state index in [-0.39, 0.29) is 16.7 Å². The number of anilines is 1. The van der Waals surface area contributed by atoms with Crippen molar-refractivity contribution in [2.75, 3.05) is 12.0 Å². The lowest BCUT2D eigenvalue weighted by Crippen LogP contribution is -2.29. The molecule has 3 aromatic carbocycles. The number of amides is 1. The smallest absolute Gasteiger partial charge is 0.300 e. The van der Waals surface area contributed by atoms with Gasteiger partial charge in [0, 0.05) is 17.8 Å². The molecule has 5 rings (SSSR count). The third kappa shape index (κ3) is 4.14. The lowest BCUT2D eigenvalue weighted by Gasteiger charge is -2.27. The number of hydrogen-bond acceptors (Lipinski definition) is 5. The van der Waals surface area contributed by atoms with Gasteiger partial charge in [-0.05, 0) is 52.3 Å². The predicted octanol–water partition coefficient (Wildman–Crippen LogP) is 6.17. The van der Waals surface area contributed by atoms with Gasteiger partial charge in [0.25, 0.3) is 11.7 Å². The predicted molar refractivity (Wildman–Crippen MR) is 145 cm³/mol. The number of carbonyl (C=O) groups is 2. The molecule has 1 aliphatic rings. The Hall–Kier alpha value is -4.45. The first-order valence-corrected chi connectivity index (χ1v) is 12.1. The number of Topliss-reactive ketones (excluding diaryl/α,β-unsaturated/α-hetero) is 1. The molecule has 1 N–H and O–H groups in total. The second kappa shape index (κ2) is 9.21. The van der Waals surface area contributed by atoms with Crippen LogP contribution in [0.15, 0.2) is 90.8 Å². The molecule has 0 aliphatic carbocycles. The maximum absolute atomic E-state index is 13.6. The first-order valence-electron chi connectivity index (χ1n) is 12.1. The van der Waals surface area contributed by atoms with E-state index in [0.717, 1.165) is 16.3 Å². The first kappa shape index (κ1) is 24.3. The van der Waals surface area contributed by atoms with Gasteiger partial charge in [0.1, 0.15) is 11.5 Å². The van der Waals surface area contributed by atoms with Gasteiger partial charge in [-0.1, -0.05) is 63.2 Å². The van der Waals surface area contributed by atoms with Crippen LogP contribution in [0.2, 0.25) is 0 Å². The van der Waals surface area contributed by atoms with Crippen molar-refractivity contribution < 1.29 is 19.4 Å². The van der Waals surface area contributed by atoms with Gasteiger partial charge in [0.2, 0.25) is 0 Å². The van der Waals surface area contributed by atoms with Crippen LogP contribution in [0.5, 0.6) is 5.75 Å². The molecule has 2 heterocycles.